The number of hydrogen-bond acceptors (Lipinski definition) is 4. The van der Waals surface area contributed by atoms with Gasteiger partial charge in [-0.15, -0.1) is 0 Å². The van der Waals surface area contributed by atoms with Crippen molar-refractivity contribution in [3.63, 3.8) is 0 Å². The largest absolute Gasteiger partial charge is 0.370 e. The normalized spacial score (nSPS) is 19.7. The Labute approximate surface area is 109 Å². The van der Waals surface area contributed by atoms with Crippen LogP contribution in [0.2, 0.25) is 0 Å². The fraction of sp³-hybridized carbons (Fsp3) is 0.571. The first kappa shape index (κ1) is 12.8. The molecule has 1 aromatic rings. The maximum atomic E-state index is 8.69. The Hall–Kier alpha value is -1.60. The molecule has 1 aliphatic heterocycles. The van der Waals surface area contributed by atoms with Crippen LogP contribution in [0.4, 0.5) is 5.82 Å². The minimum atomic E-state index is 0.607. The zero-order valence-corrected chi connectivity index (χ0v) is 10.9. The van der Waals surface area contributed by atoms with Crippen LogP contribution in [0.5, 0.6) is 0 Å². The van der Waals surface area contributed by atoms with Crippen LogP contribution in [0.25, 0.3) is 0 Å². The molecular weight excluding hydrogens is 224 g/mol. The number of nitriles is 1. The highest BCUT2D eigenvalue weighted by atomic mass is 15.1. The molecule has 0 bridgehead atoms. The summed E-state index contributed by atoms with van der Waals surface area (Å²) in [5, 5.41) is 12.0. The van der Waals surface area contributed by atoms with Crippen molar-refractivity contribution < 1.29 is 0 Å². The summed E-state index contributed by atoms with van der Waals surface area (Å²) < 4.78 is 0. The van der Waals surface area contributed by atoms with Gasteiger partial charge in [0.1, 0.15) is 11.9 Å². The van der Waals surface area contributed by atoms with Gasteiger partial charge in [0.15, 0.2) is 0 Å². The average molecular weight is 244 g/mol. The maximum absolute atomic E-state index is 8.69. The molecule has 1 saturated heterocycles. The maximum Gasteiger partial charge on any atom is 0.125 e. The summed E-state index contributed by atoms with van der Waals surface area (Å²) in [7, 11) is 0. The van der Waals surface area contributed by atoms with Crippen molar-refractivity contribution in [1.82, 2.24) is 9.88 Å². The number of hydrogen-bond donors (Lipinski definition) is 1. The molecule has 1 atom stereocenters. The molecule has 1 fully saturated rings. The lowest BCUT2D eigenvalue weighted by molar-refractivity contribution is 0.327. The summed E-state index contributed by atoms with van der Waals surface area (Å²) >= 11 is 0. The predicted molar refractivity (Wildman–Crippen MR) is 72.3 cm³/mol. The van der Waals surface area contributed by atoms with Crippen molar-refractivity contribution in [2.75, 3.05) is 31.5 Å². The summed E-state index contributed by atoms with van der Waals surface area (Å²) in [5.41, 5.74) is 0.607. The van der Waals surface area contributed by atoms with Gasteiger partial charge < -0.3 is 10.2 Å². The monoisotopic (exact) mass is 244 g/mol. The van der Waals surface area contributed by atoms with Crippen LogP contribution in [-0.2, 0) is 0 Å². The number of nitrogens with zero attached hydrogens (tertiary/aromatic N) is 3. The third kappa shape index (κ3) is 3.44. The Morgan fingerprint density at radius 2 is 2.44 bits per heavy atom. The predicted octanol–water partition coefficient (Wildman–Crippen LogP) is 2.10. The van der Waals surface area contributed by atoms with Gasteiger partial charge in [0, 0.05) is 19.3 Å². The molecule has 0 radical (unpaired) electrons. The summed E-state index contributed by atoms with van der Waals surface area (Å²) in [6, 6.07) is 5.75. The first-order chi connectivity index (χ1) is 8.81. The highest BCUT2D eigenvalue weighted by molar-refractivity contribution is 5.38. The van der Waals surface area contributed by atoms with Crippen LogP contribution < -0.4 is 5.32 Å². The zero-order valence-electron chi connectivity index (χ0n) is 10.9. The lowest BCUT2D eigenvalue weighted by Crippen LogP contribution is -2.23. The summed E-state index contributed by atoms with van der Waals surface area (Å²) in [5.74, 6) is 1.58. The molecule has 18 heavy (non-hydrogen) atoms. The summed E-state index contributed by atoms with van der Waals surface area (Å²) in [6.45, 7) is 6.83. The number of pyridine rings is 1. The van der Waals surface area contributed by atoms with E-state index in [1.165, 1.54) is 32.5 Å². The van der Waals surface area contributed by atoms with Crippen molar-refractivity contribution in [3.8, 4) is 6.07 Å². The van der Waals surface area contributed by atoms with Crippen molar-refractivity contribution in [1.29, 1.82) is 5.26 Å². The van der Waals surface area contributed by atoms with Crippen LogP contribution in [-0.4, -0.2) is 36.1 Å². The lowest BCUT2D eigenvalue weighted by atomic mass is 10.1. The third-order valence-electron chi connectivity index (χ3n) is 3.37. The molecule has 2 heterocycles. The van der Waals surface area contributed by atoms with E-state index in [1.54, 1.807) is 12.3 Å². The standard InChI is InChI=1S/C14H20N4/c1-2-6-18-7-5-13(11-18)10-17-14-4-3-12(8-15)9-16-14/h3-4,9,13H,2,5-7,10-11H2,1H3,(H,16,17)/t13-/m0/s1. The van der Waals surface area contributed by atoms with E-state index in [0.717, 1.165) is 12.4 Å². The van der Waals surface area contributed by atoms with E-state index in [2.05, 4.69) is 28.2 Å². The molecular formula is C14H20N4. The van der Waals surface area contributed by atoms with Crippen LogP contribution in [0.1, 0.15) is 25.3 Å². The Kier molecular flexibility index (Phi) is 4.54. The van der Waals surface area contributed by atoms with E-state index in [-0.39, 0.29) is 0 Å². The molecule has 0 saturated carbocycles. The third-order valence-corrected chi connectivity index (χ3v) is 3.37. The van der Waals surface area contributed by atoms with Crippen molar-refractivity contribution in [3.05, 3.63) is 23.9 Å². The molecule has 0 aliphatic carbocycles. The van der Waals surface area contributed by atoms with E-state index in [1.807, 2.05) is 6.07 Å². The fourth-order valence-corrected chi connectivity index (χ4v) is 2.41. The molecule has 4 heteroatoms. The molecule has 0 spiro atoms. The van der Waals surface area contributed by atoms with E-state index < -0.39 is 0 Å². The van der Waals surface area contributed by atoms with Gasteiger partial charge in [-0.05, 0) is 44.0 Å². The summed E-state index contributed by atoms with van der Waals surface area (Å²) in [4.78, 5) is 6.74. The molecule has 2 rings (SSSR count). The van der Waals surface area contributed by atoms with E-state index >= 15 is 0 Å². The lowest BCUT2D eigenvalue weighted by Gasteiger charge is -2.15. The smallest absolute Gasteiger partial charge is 0.125 e. The quantitative estimate of drug-likeness (QED) is 0.861. The van der Waals surface area contributed by atoms with Crippen LogP contribution in [0.15, 0.2) is 18.3 Å². The Bertz CT molecular complexity index is 407. The molecule has 1 N–H and O–H groups in total. The van der Waals surface area contributed by atoms with E-state index in [0.29, 0.717) is 11.5 Å². The second-order valence-corrected chi connectivity index (χ2v) is 4.88. The van der Waals surface area contributed by atoms with Gasteiger partial charge in [-0.3, -0.25) is 0 Å². The minimum Gasteiger partial charge on any atom is -0.370 e. The van der Waals surface area contributed by atoms with Crippen molar-refractivity contribution in [2.24, 2.45) is 5.92 Å². The van der Waals surface area contributed by atoms with Gasteiger partial charge >= 0.3 is 0 Å². The number of anilines is 1. The molecule has 1 aliphatic rings. The van der Waals surface area contributed by atoms with Crippen LogP contribution >= 0.6 is 0 Å². The number of aromatic nitrogens is 1. The SMILES string of the molecule is CCCN1CC[C@@H](CNc2ccc(C#N)cn2)C1. The molecule has 96 valence electrons. The number of likely N-dealkylation sites (tertiary alicyclic amines) is 1. The molecule has 0 amide bonds. The first-order valence-electron chi connectivity index (χ1n) is 6.64. The van der Waals surface area contributed by atoms with Gasteiger partial charge in [-0.2, -0.15) is 5.26 Å². The highest BCUT2D eigenvalue weighted by Gasteiger charge is 2.21. The van der Waals surface area contributed by atoms with E-state index in [9.17, 15) is 0 Å². The second kappa shape index (κ2) is 6.36. The topological polar surface area (TPSA) is 52.0 Å². The first-order valence-corrected chi connectivity index (χ1v) is 6.64. The molecule has 0 aromatic carbocycles. The number of nitrogens with one attached hydrogen (secondary N) is 1. The Morgan fingerprint density at radius 3 is 3.11 bits per heavy atom. The Morgan fingerprint density at radius 1 is 1.56 bits per heavy atom. The molecule has 0 unspecified atom stereocenters. The van der Waals surface area contributed by atoms with Gasteiger partial charge in [0.25, 0.3) is 0 Å². The molecule has 4 nitrogen and oxygen atoms in total. The van der Waals surface area contributed by atoms with Gasteiger partial charge in [0.2, 0.25) is 0 Å². The van der Waals surface area contributed by atoms with Gasteiger partial charge in [-0.1, -0.05) is 6.92 Å². The fourth-order valence-electron chi connectivity index (χ4n) is 2.41. The number of rotatable bonds is 5. The minimum absolute atomic E-state index is 0.607. The zero-order chi connectivity index (χ0) is 12.8. The van der Waals surface area contributed by atoms with Crippen molar-refractivity contribution in [2.45, 2.75) is 19.8 Å². The van der Waals surface area contributed by atoms with Gasteiger partial charge in [0.05, 0.1) is 5.56 Å². The summed E-state index contributed by atoms with van der Waals surface area (Å²) in [6.07, 6.45) is 4.11. The Balaban J connectivity index is 1.76. The van der Waals surface area contributed by atoms with E-state index in [4.69, 9.17) is 5.26 Å². The van der Waals surface area contributed by atoms with Crippen LogP contribution in [0, 0.1) is 17.2 Å². The van der Waals surface area contributed by atoms with Gasteiger partial charge in [-0.25, -0.2) is 4.98 Å². The average Bonchev–Trinajstić information content (AvgIpc) is 2.85. The van der Waals surface area contributed by atoms with Crippen molar-refractivity contribution >= 4 is 5.82 Å². The molecule has 1 aromatic heterocycles. The van der Waals surface area contributed by atoms with Crippen LogP contribution in [0.3, 0.4) is 0 Å². The highest BCUT2D eigenvalue weighted by Crippen LogP contribution is 2.17. The second-order valence-electron chi connectivity index (χ2n) is 4.88.